The van der Waals surface area contributed by atoms with Gasteiger partial charge >= 0.3 is 0 Å². The summed E-state index contributed by atoms with van der Waals surface area (Å²) in [5.41, 5.74) is 13.6. The van der Waals surface area contributed by atoms with Gasteiger partial charge in [-0.15, -0.1) is 0 Å². The molecular formula is C16H13BrFN5O. The first kappa shape index (κ1) is 16.1. The molecule has 2 aromatic heterocycles. The maximum absolute atomic E-state index is 13.7. The van der Waals surface area contributed by atoms with E-state index >= 15 is 0 Å². The molecule has 3 aromatic rings. The molecule has 0 aliphatic heterocycles. The lowest BCUT2D eigenvalue weighted by Crippen LogP contribution is -2.15. The van der Waals surface area contributed by atoms with Crippen molar-refractivity contribution in [2.75, 3.05) is 11.5 Å². The Kier molecular flexibility index (Phi) is 3.84. The van der Waals surface area contributed by atoms with E-state index in [2.05, 4.69) is 25.9 Å². The van der Waals surface area contributed by atoms with E-state index in [1.54, 1.807) is 6.07 Å². The van der Waals surface area contributed by atoms with Crippen LogP contribution in [0.5, 0.6) is 0 Å². The number of aryl methyl sites for hydroxylation is 1. The Balaban J connectivity index is 2.53. The topological polar surface area (TPSA) is 122 Å². The summed E-state index contributed by atoms with van der Waals surface area (Å²) in [6, 6.07) is 4.37. The van der Waals surface area contributed by atoms with Gasteiger partial charge in [-0.2, -0.15) is 0 Å². The number of nitrogens with zero attached hydrogens (tertiary/aromatic N) is 1. The third-order valence-electron chi connectivity index (χ3n) is 3.80. The van der Waals surface area contributed by atoms with Gasteiger partial charge in [-0.25, -0.2) is 9.37 Å². The van der Waals surface area contributed by atoms with Crippen LogP contribution in [-0.2, 0) is 0 Å². The molecule has 122 valence electrons. The zero-order valence-corrected chi connectivity index (χ0v) is 14.2. The standard InChI is InChI=1S/C16H13BrFN5O/c1-6-4-10-14(23-15(6)17)11(13(21)16(24)22-10)7-2-3-9(18)12(20)8(7)5-19/h2-5,19H,20-21H2,1H3,(H,22,24). The molecule has 0 saturated heterocycles. The van der Waals surface area contributed by atoms with Crippen molar-refractivity contribution >= 4 is 44.6 Å². The summed E-state index contributed by atoms with van der Waals surface area (Å²) in [4.78, 5) is 19.3. The van der Waals surface area contributed by atoms with E-state index in [0.717, 1.165) is 11.8 Å². The van der Waals surface area contributed by atoms with E-state index < -0.39 is 11.4 Å². The Morgan fingerprint density at radius 3 is 2.71 bits per heavy atom. The number of pyridine rings is 2. The highest BCUT2D eigenvalue weighted by Crippen LogP contribution is 2.35. The first-order chi connectivity index (χ1) is 11.3. The number of fused-ring (bicyclic) bond motifs is 1. The highest BCUT2D eigenvalue weighted by molar-refractivity contribution is 9.10. The lowest BCUT2D eigenvalue weighted by atomic mass is 9.96. The smallest absolute Gasteiger partial charge is 0.272 e. The number of aromatic amines is 1. The number of hydrogen-bond donors (Lipinski definition) is 4. The van der Waals surface area contributed by atoms with Gasteiger partial charge in [0.05, 0.1) is 16.7 Å². The molecule has 2 heterocycles. The predicted molar refractivity (Wildman–Crippen MR) is 96.9 cm³/mol. The molecule has 0 radical (unpaired) electrons. The van der Waals surface area contributed by atoms with Gasteiger partial charge in [0.2, 0.25) is 0 Å². The number of nitrogens with two attached hydrogens (primary N) is 2. The number of hydrogen-bond acceptors (Lipinski definition) is 5. The second-order valence-corrected chi connectivity index (χ2v) is 6.05. The van der Waals surface area contributed by atoms with Crippen LogP contribution in [0.3, 0.4) is 0 Å². The molecule has 0 unspecified atom stereocenters. The van der Waals surface area contributed by atoms with Gasteiger partial charge < -0.3 is 21.9 Å². The fourth-order valence-electron chi connectivity index (χ4n) is 2.56. The number of nitrogen functional groups attached to an aromatic ring is 2. The van der Waals surface area contributed by atoms with Gasteiger partial charge in [-0.3, -0.25) is 4.79 Å². The van der Waals surface area contributed by atoms with Crippen LogP contribution in [0.2, 0.25) is 0 Å². The Morgan fingerprint density at radius 1 is 1.33 bits per heavy atom. The Bertz CT molecular complexity index is 1060. The molecule has 0 bridgehead atoms. The average molecular weight is 390 g/mol. The molecular weight excluding hydrogens is 377 g/mol. The molecule has 0 aliphatic rings. The predicted octanol–water partition coefficient (Wildman–Crippen LogP) is 2.96. The quantitative estimate of drug-likeness (QED) is 0.305. The molecule has 0 fully saturated rings. The molecule has 3 rings (SSSR count). The Hall–Kier alpha value is -2.74. The van der Waals surface area contributed by atoms with Gasteiger partial charge in [-0.05, 0) is 46.1 Å². The zero-order chi connectivity index (χ0) is 17.6. The van der Waals surface area contributed by atoms with Crippen molar-refractivity contribution < 1.29 is 4.39 Å². The minimum absolute atomic E-state index is 0.0696. The number of aromatic nitrogens is 2. The van der Waals surface area contributed by atoms with Crippen LogP contribution in [0.15, 0.2) is 27.6 Å². The zero-order valence-electron chi connectivity index (χ0n) is 12.6. The van der Waals surface area contributed by atoms with Crippen LogP contribution in [0.1, 0.15) is 11.1 Å². The summed E-state index contributed by atoms with van der Waals surface area (Å²) in [7, 11) is 0. The second kappa shape index (κ2) is 5.72. The van der Waals surface area contributed by atoms with Gasteiger partial charge in [0, 0.05) is 17.3 Å². The monoisotopic (exact) mass is 389 g/mol. The third-order valence-corrected chi connectivity index (χ3v) is 4.60. The molecule has 8 heteroatoms. The maximum Gasteiger partial charge on any atom is 0.272 e. The second-order valence-electron chi connectivity index (χ2n) is 5.30. The number of halogens is 2. The van der Waals surface area contributed by atoms with Crippen LogP contribution in [0.4, 0.5) is 15.8 Å². The maximum atomic E-state index is 13.7. The third kappa shape index (κ3) is 2.35. The van der Waals surface area contributed by atoms with Crippen LogP contribution in [0.25, 0.3) is 22.2 Å². The van der Waals surface area contributed by atoms with Gasteiger partial charge in [0.25, 0.3) is 5.56 Å². The molecule has 24 heavy (non-hydrogen) atoms. The number of anilines is 2. The average Bonchev–Trinajstić information content (AvgIpc) is 2.54. The van der Waals surface area contributed by atoms with Crippen molar-refractivity contribution in [1.29, 1.82) is 5.41 Å². The molecule has 0 aliphatic carbocycles. The lowest BCUT2D eigenvalue weighted by molar-refractivity contribution is 0.632. The fraction of sp³-hybridized carbons (Fsp3) is 0.0625. The molecule has 0 atom stereocenters. The molecule has 0 amide bonds. The first-order valence-electron chi connectivity index (χ1n) is 6.92. The molecule has 1 aromatic carbocycles. The minimum atomic E-state index is -0.644. The minimum Gasteiger partial charge on any atom is -0.396 e. The van der Waals surface area contributed by atoms with Crippen LogP contribution in [0, 0.1) is 18.2 Å². The highest BCUT2D eigenvalue weighted by atomic mass is 79.9. The first-order valence-corrected chi connectivity index (χ1v) is 7.72. The summed E-state index contributed by atoms with van der Waals surface area (Å²) in [5.74, 6) is -0.644. The highest BCUT2D eigenvalue weighted by Gasteiger charge is 2.19. The van der Waals surface area contributed by atoms with E-state index in [9.17, 15) is 9.18 Å². The largest absolute Gasteiger partial charge is 0.396 e. The number of H-pyrrole nitrogens is 1. The molecule has 0 spiro atoms. The van der Waals surface area contributed by atoms with Crippen LogP contribution < -0.4 is 17.0 Å². The van der Waals surface area contributed by atoms with E-state index in [-0.39, 0.29) is 16.9 Å². The van der Waals surface area contributed by atoms with E-state index in [4.69, 9.17) is 16.9 Å². The Morgan fingerprint density at radius 2 is 2.04 bits per heavy atom. The summed E-state index contributed by atoms with van der Waals surface area (Å²) in [5, 5.41) is 7.55. The van der Waals surface area contributed by atoms with Crippen molar-refractivity contribution in [2.45, 2.75) is 6.92 Å². The van der Waals surface area contributed by atoms with Gasteiger partial charge in [0.15, 0.2) is 0 Å². The summed E-state index contributed by atoms with van der Waals surface area (Å²) < 4.78 is 14.3. The van der Waals surface area contributed by atoms with Crippen molar-refractivity contribution in [3.63, 3.8) is 0 Å². The van der Waals surface area contributed by atoms with Crippen molar-refractivity contribution in [2.24, 2.45) is 0 Å². The van der Waals surface area contributed by atoms with Crippen LogP contribution in [-0.4, -0.2) is 16.2 Å². The molecule has 0 saturated carbocycles. The Labute approximate surface area is 144 Å². The number of rotatable bonds is 2. The molecule has 6 N–H and O–H groups in total. The SMILES string of the molecule is Cc1cc2[nH]c(=O)c(N)c(-c3ccc(F)c(N)c3C=N)c2nc1Br. The van der Waals surface area contributed by atoms with Gasteiger partial charge in [-0.1, -0.05) is 6.07 Å². The molecule has 6 nitrogen and oxygen atoms in total. The van der Waals surface area contributed by atoms with E-state index in [1.807, 2.05) is 6.92 Å². The van der Waals surface area contributed by atoms with E-state index in [0.29, 0.717) is 26.8 Å². The summed E-state index contributed by atoms with van der Waals surface area (Å²) >= 11 is 3.35. The van der Waals surface area contributed by atoms with Crippen molar-refractivity contribution in [3.05, 3.63) is 50.1 Å². The van der Waals surface area contributed by atoms with Crippen LogP contribution >= 0.6 is 15.9 Å². The summed E-state index contributed by atoms with van der Waals surface area (Å²) in [6.07, 6.45) is 0.934. The summed E-state index contributed by atoms with van der Waals surface area (Å²) in [6.45, 7) is 1.84. The van der Waals surface area contributed by atoms with Gasteiger partial charge in [0.1, 0.15) is 16.1 Å². The normalized spacial score (nSPS) is 11.0. The van der Waals surface area contributed by atoms with Crippen molar-refractivity contribution in [3.8, 4) is 11.1 Å². The number of benzene rings is 1. The lowest BCUT2D eigenvalue weighted by Gasteiger charge is -2.14. The number of nitrogens with one attached hydrogen (secondary N) is 2. The van der Waals surface area contributed by atoms with Crippen molar-refractivity contribution in [1.82, 2.24) is 9.97 Å². The van der Waals surface area contributed by atoms with E-state index in [1.165, 1.54) is 12.1 Å². The fourth-order valence-corrected chi connectivity index (χ4v) is 2.86.